The van der Waals surface area contributed by atoms with E-state index in [4.69, 9.17) is 9.47 Å². The summed E-state index contributed by atoms with van der Waals surface area (Å²) in [4.78, 5) is 44.0. The summed E-state index contributed by atoms with van der Waals surface area (Å²) in [6.07, 6.45) is 1.88. The molecule has 2 saturated heterocycles. The van der Waals surface area contributed by atoms with E-state index in [9.17, 15) is 19.5 Å². The zero-order chi connectivity index (χ0) is 32.9. The molecular weight excluding hydrogens is 600 g/mol. The molecule has 1 aromatic heterocycles. The fourth-order valence-corrected chi connectivity index (χ4v) is 5.86. The summed E-state index contributed by atoms with van der Waals surface area (Å²) in [5.74, 6) is -0.646. The maximum atomic E-state index is 14.1. The van der Waals surface area contributed by atoms with Crippen molar-refractivity contribution < 1.29 is 29.0 Å². The van der Waals surface area contributed by atoms with Crippen LogP contribution in [0.25, 0.3) is 22.4 Å². The molecule has 2 fully saturated rings. The Balaban J connectivity index is 1.19. The van der Waals surface area contributed by atoms with Crippen LogP contribution in [0.4, 0.5) is 10.5 Å². The molecule has 2 aliphatic rings. The van der Waals surface area contributed by atoms with Gasteiger partial charge in [0.25, 0.3) is 5.91 Å². The minimum atomic E-state index is -0.985. The lowest BCUT2D eigenvalue weighted by molar-refractivity contribution is -0.148. The number of aryl methyl sites for hydroxylation is 2. The summed E-state index contributed by atoms with van der Waals surface area (Å²) in [5.41, 5.74) is 5.13. The van der Waals surface area contributed by atoms with Crippen molar-refractivity contribution in [2.24, 2.45) is 7.05 Å². The van der Waals surface area contributed by atoms with Gasteiger partial charge in [-0.25, -0.2) is 4.79 Å². The third kappa shape index (κ3) is 7.13. The summed E-state index contributed by atoms with van der Waals surface area (Å²) >= 11 is 0. The molecule has 0 radical (unpaired) electrons. The molecule has 47 heavy (non-hydrogen) atoms. The lowest BCUT2D eigenvalue weighted by atomic mass is 9.99. The van der Waals surface area contributed by atoms with E-state index in [-0.39, 0.29) is 37.4 Å². The average molecular weight is 639 g/mol. The Morgan fingerprint density at radius 2 is 1.64 bits per heavy atom. The molecule has 0 bridgehead atoms. The number of urea groups is 1. The number of rotatable bonds is 7. The number of aromatic hydroxyl groups is 1. The molecule has 12 heteroatoms. The van der Waals surface area contributed by atoms with Crippen LogP contribution in [0.5, 0.6) is 5.75 Å². The highest BCUT2D eigenvalue weighted by Gasteiger charge is 2.38. The number of carbonyl (C=O) groups excluding carboxylic acids is 3. The fraction of sp³-hybridized carbons (Fsp3) is 0.314. The van der Waals surface area contributed by atoms with Crippen LogP contribution in [-0.2, 0) is 26.1 Å². The molecule has 0 spiro atoms. The number of morpholine rings is 2. The number of nitrogens with one attached hydrogen (secondary N) is 2. The van der Waals surface area contributed by atoms with Crippen molar-refractivity contribution >= 4 is 23.5 Å². The number of nitrogens with zero attached hydrogens (tertiary/aromatic N) is 4. The van der Waals surface area contributed by atoms with E-state index < -0.39 is 18.0 Å². The van der Waals surface area contributed by atoms with Crippen molar-refractivity contribution in [2.75, 3.05) is 51.4 Å². The van der Waals surface area contributed by atoms with Gasteiger partial charge in [0.15, 0.2) is 0 Å². The second kappa shape index (κ2) is 14.1. The Morgan fingerprint density at radius 1 is 0.915 bits per heavy atom. The highest BCUT2D eigenvalue weighted by molar-refractivity contribution is 5.99. The monoisotopic (exact) mass is 638 g/mol. The minimum Gasteiger partial charge on any atom is -0.507 e. The van der Waals surface area contributed by atoms with Crippen molar-refractivity contribution in [1.82, 2.24) is 24.9 Å². The Kier molecular flexibility index (Phi) is 9.50. The van der Waals surface area contributed by atoms with Crippen molar-refractivity contribution in [1.29, 1.82) is 0 Å². The quantitative estimate of drug-likeness (QED) is 0.281. The number of anilines is 1. The van der Waals surface area contributed by atoms with Crippen LogP contribution in [0.15, 0.2) is 79.0 Å². The molecule has 6 rings (SSSR count). The van der Waals surface area contributed by atoms with Crippen LogP contribution in [0.3, 0.4) is 0 Å². The number of benzene rings is 3. The number of hydrogen-bond donors (Lipinski definition) is 3. The fourth-order valence-electron chi connectivity index (χ4n) is 5.86. The Bertz CT molecular complexity index is 1740. The Hall–Kier alpha value is -5.20. The number of phenolic OH excluding ortho intramolecular Hbond substituents is 1. The van der Waals surface area contributed by atoms with Crippen molar-refractivity contribution in [3.05, 3.63) is 90.1 Å². The lowest BCUT2D eigenvalue weighted by Gasteiger charge is -2.37. The molecule has 3 aromatic carbocycles. The number of amides is 4. The van der Waals surface area contributed by atoms with Gasteiger partial charge in [-0.2, -0.15) is 5.10 Å². The van der Waals surface area contributed by atoms with E-state index in [0.29, 0.717) is 48.8 Å². The zero-order valence-electron chi connectivity index (χ0n) is 26.4. The second-order valence-corrected chi connectivity index (χ2v) is 11.7. The third-order valence-corrected chi connectivity index (χ3v) is 8.36. The van der Waals surface area contributed by atoms with Crippen LogP contribution in [0.1, 0.15) is 17.2 Å². The smallest absolute Gasteiger partial charge is 0.318 e. The minimum absolute atomic E-state index is 0.0214. The summed E-state index contributed by atoms with van der Waals surface area (Å²) < 4.78 is 12.7. The molecule has 2 atom stereocenters. The topological polar surface area (TPSA) is 138 Å². The van der Waals surface area contributed by atoms with Gasteiger partial charge in [-0.15, -0.1) is 0 Å². The van der Waals surface area contributed by atoms with Gasteiger partial charge in [0.05, 0.1) is 26.4 Å². The van der Waals surface area contributed by atoms with Gasteiger partial charge in [-0.1, -0.05) is 54.1 Å². The van der Waals surface area contributed by atoms with Gasteiger partial charge in [-0.3, -0.25) is 14.3 Å². The largest absolute Gasteiger partial charge is 0.507 e. The number of aromatic nitrogens is 2. The van der Waals surface area contributed by atoms with Crippen molar-refractivity contribution in [3.8, 4) is 28.1 Å². The first-order valence-corrected chi connectivity index (χ1v) is 15.6. The zero-order valence-corrected chi connectivity index (χ0v) is 26.4. The highest BCUT2D eigenvalue weighted by Crippen LogP contribution is 2.36. The number of hydrogen-bond acceptors (Lipinski definition) is 7. The standard InChI is InChI=1S/C35H38N6O6/c1-23-8-13-30(42)27(20-23)32-28(21-39(2)38-32)24-9-11-26(12-10-24)36-33(43)29-22-47-19-16-41(29)34(44)31(25-6-4-3-5-7-25)37-35(45)40-14-17-46-18-15-40/h3-13,20-21,29,31,42H,14-19,22H2,1-2H3,(H,36,43)(H,37,45)/t29-,31+/m0/s1. The van der Waals surface area contributed by atoms with Crippen LogP contribution in [-0.4, -0.2) is 94.6 Å². The van der Waals surface area contributed by atoms with Gasteiger partial charge in [0.1, 0.15) is 23.5 Å². The van der Waals surface area contributed by atoms with Gasteiger partial charge in [0.2, 0.25) is 5.91 Å². The SMILES string of the molecule is Cc1ccc(O)c(-c2nn(C)cc2-c2ccc(NC(=O)[C@@H]3COCCN3C(=O)[C@H](NC(=O)N3CCOCC3)c3ccccc3)cc2)c1. The van der Waals surface area contributed by atoms with Crippen molar-refractivity contribution in [2.45, 2.75) is 19.0 Å². The maximum Gasteiger partial charge on any atom is 0.318 e. The molecule has 0 aliphatic carbocycles. The summed E-state index contributed by atoms with van der Waals surface area (Å²) in [6.45, 7) is 4.17. The Labute approximate surface area is 272 Å². The molecule has 4 amide bonds. The van der Waals surface area contributed by atoms with E-state index in [1.165, 1.54) is 4.90 Å². The van der Waals surface area contributed by atoms with Crippen LogP contribution in [0.2, 0.25) is 0 Å². The molecule has 12 nitrogen and oxygen atoms in total. The predicted molar refractivity (Wildman–Crippen MR) is 176 cm³/mol. The first kappa shape index (κ1) is 31.8. The molecule has 244 valence electrons. The predicted octanol–water partition coefficient (Wildman–Crippen LogP) is 3.72. The third-order valence-electron chi connectivity index (χ3n) is 8.36. The van der Waals surface area contributed by atoms with Crippen molar-refractivity contribution in [3.63, 3.8) is 0 Å². The normalized spacial score (nSPS) is 17.2. The number of phenols is 1. The first-order chi connectivity index (χ1) is 22.8. The second-order valence-electron chi connectivity index (χ2n) is 11.7. The van der Waals surface area contributed by atoms with Crippen LogP contribution in [0, 0.1) is 6.92 Å². The summed E-state index contributed by atoms with van der Waals surface area (Å²) in [5, 5.41) is 21.0. The molecular formula is C35H38N6O6. The molecule has 0 saturated carbocycles. The highest BCUT2D eigenvalue weighted by atomic mass is 16.5. The Morgan fingerprint density at radius 3 is 2.38 bits per heavy atom. The van der Waals surface area contributed by atoms with Crippen LogP contribution < -0.4 is 10.6 Å². The van der Waals surface area contributed by atoms with Gasteiger partial charge >= 0.3 is 6.03 Å². The molecule has 0 unspecified atom stereocenters. The first-order valence-electron chi connectivity index (χ1n) is 15.6. The van der Waals surface area contributed by atoms with Gasteiger partial charge in [-0.05, 0) is 42.3 Å². The van der Waals surface area contributed by atoms with Gasteiger partial charge in [0, 0.05) is 49.7 Å². The molecule has 3 heterocycles. The number of carbonyl (C=O) groups is 3. The van der Waals surface area contributed by atoms with Gasteiger partial charge < -0.3 is 35.0 Å². The summed E-state index contributed by atoms with van der Waals surface area (Å²) in [6, 6.07) is 19.5. The van der Waals surface area contributed by atoms with E-state index >= 15 is 0 Å². The van der Waals surface area contributed by atoms with Crippen LogP contribution >= 0.6 is 0 Å². The van der Waals surface area contributed by atoms with E-state index in [1.54, 1.807) is 39.9 Å². The maximum absolute atomic E-state index is 14.1. The van der Waals surface area contributed by atoms with E-state index in [1.807, 2.05) is 62.6 Å². The molecule has 4 aromatic rings. The van der Waals surface area contributed by atoms with E-state index in [0.717, 1.165) is 16.7 Å². The molecule has 3 N–H and O–H groups in total. The lowest BCUT2D eigenvalue weighted by Crippen LogP contribution is -2.58. The number of ether oxygens (including phenoxy) is 2. The average Bonchev–Trinajstić information content (AvgIpc) is 3.50. The summed E-state index contributed by atoms with van der Waals surface area (Å²) in [7, 11) is 1.82. The molecule has 2 aliphatic heterocycles. The van der Waals surface area contributed by atoms with E-state index in [2.05, 4.69) is 15.7 Å².